The molecule has 4 rings (SSSR count). The van der Waals surface area contributed by atoms with Gasteiger partial charge in [0, 0.05) is 0 Å². The van der Waals surface area contributed by atoms with Crippen LogP contribution in [0.5, 0.6) is 0 Å². The number of nitrogens with one attached hydrogen (secondary N) is 1. The Morgan fingerprint density at radius 3 is 2.28 bits per heavy atom. The van der Waals surface area contributed by atoms with Crippen LogP contribution in [0.25, 0.3) is 5.69 Å². The van der Waals surface area contributed by atoms with Crippen LogP contribution in [0.1, 0.15) is 29.8 Å². The van der Waals surface area contributed by atoms with E-state index in [1.807, 2.05) is 74.5 Å². The highest BCUT2D eigenvalue weighted by molar-refractivity contribution is 5.95. The van der Waals surface area contributed by atoms with Gasteiger partial charge in [-0.15, -0.1) is 0 Å². The maximum atomic E-state index is 12.6. The molecular formula is C23H23N3O3. The fourth-order valence-electron chi connectivity index (χ4n) is 3.58. The van der Waals surface area contributed by atoms with Crippen molar-refractivity contribution in [2.24, 2.45) is 0 Å². The van der Waals surface area contributed by atoms with Gasteiger partial charge in [0.05, 0.1) is 28.2 Å². The van der Waals surface area contributed by atoms with Crippen LogP contribution in [-0.2, 0) is 19.7 Å². The highest BCUT2D eigenvalue weighted by atomic mass is 16.5. The highest BCUT2D eigenvalue weighted by Gasteiger charge is 2.52. The first-order valence-corrected chi connectivity index (χ1v) is 9.65. The summed E-state index contributed by atoms with van der Waals surface area (Å²) in [6.07, 6.45) is 1.50. The molecule has 1 heterocycles. The Kier molecular flexibility index (Phi) is 4.92. The van der Waals surface area contributed by atoms with Gasteiger partial charge in [-0.05, 0) is 44.4 Å². The molecule has 2 aromatic carbocycles. The Balaban J connectivity index is 1.41. The first-order chi connectivity index (χ1) is 14.0. The minimum absolute atomic E-state index is 0.317. The largest absolute Gasteiger partial charge is 0.455 e. The van der Waals surface area contributed by atoms with Crippen LogP contribution in [0.2, 0.25) is 0 Å². The zero-order chi connectivity index (χ0) is 20.4. The molecule has 1 fully saturated rings. The summed E-state index contributed by atoms with van der Waals surface area (Å²) in [4.78, 5) is 25.0. The number of aryl methyl sites for hydroxylation is 1. The molecule has 0 bridgehead atoms. The number of esters is 1. The first kappa shape index (κ1) is 18.9. The van der Waals surface area contributed by atoms with Crippen LogP contribution >= 0.6 is 0 Å². The fourth-order valence-corrected chi connectivity index (χ4v) is 3.58. The smallest absolute Gasteiger partial charge is 0.317 e. The van der Waals surface area contributed by atoms with Crippen molar-refractivity contribution in [3.8, 4) is 5.69 Å². The van der Waals surface area contributed by atoms with Crippen molar-refractivity contribution in [3.63, 3.8) is 0 Å². The van der Waals surface area contributed by atoms with Gasteiger partial charge in [-0.3, -0.25) is 9.59 Å². The van der Waals surface area contributed by atoms with Gasteiger partial charge in [-0.1, -0.05) is 48.5 Å². The second-order valence-electron chi connectivity index (χ2n) is 7.37. The Morgan fingerprint density at radius 1 is 1.03 bits per heavy atom. The lowest BCUT2D eigenvalue weighted by molar-refractivity contribution is -0.150. The first-order valence-electron chi connectivity index (χ1n) is 9.65. The molecular weight excluding hydrogens is 366 g/mol. The van der Waals surface area contributed by atoms with Gasteiger partial charge < -0.3 is 10.1 Å². The van der Waals surface area contributed by atoms with Crippen molar-refractivity contribution < 1.29 is 14.3 Å². The molecule has 1 aliphatic rings. The van der Waals surface area contributed by atoms with Gasteiger partial charge in [0.25, 0.3) is 5.91 Å². The van der Waals surface area contributed by atoms with E-state index in [2.05, 4.69) is 10.4 Å². The average Bonchev–Trinajstić information content (AvgIpc) is 3.52. The summed E-state index contributed by atoms with van der Waals surface area (Å²) in [5.41, 5.74) is 3.43. The van der Waals surface area contributed by atoms with E-state index in [0.29, 0.717) is 11.4 Å². The van der Waals surface area contributed by atoms with Crippen LogP contribution in [0.4, 0.5) is 5.69 Å². The molecule has 0 unspecified atom stereocenters. The number of ether oxygens (including phenoxy) is 1. The molecule has 1 saturated carbocycles. The van der Waals surface area contributed by atoms with Crippen molar-refractivity contribution in [3.05, 3.63) is 77.6 Å². The summed E-state index contributed by atoms with van der Waals surface area (Å²) in [5.74, 6) is -0.715. The molecule has 0 aliphatic heterocycles. The fraction of sp³-hybridized carbons (Fsp3) is 0.261. The Hall–Kier alpha value is -3.41. The number of amides is 1. The monoisotopic (exact) mass is 389 g/mol. The van der Waals surface area contributed by atoms with Crippen molar-refractivity contribution >= 4 is 17.6 Å². The number of anilines is 1. The Morgan fingerprint density at radius 2 is 1.66 bits per heavy atom. The molecule has 0 spiro atoms. The molecule has 6 nitrogen and oxygen atoms in total. The van der Waals surface area contributed by atoms with Crippen molar-refractivity contribution in [1.82, 2.24) is 9.78 Å². The number of hydrogen-bond donors (Lipinski definition) is 1. The second kappa shape index (κ2) is 7.54. The van der Waals surface area contributed by atoms with Gasteiger partial charge in [-0.2, -0.15) is 5.10 Å². The minimum atomic E-state index is -0.592. The van der Waals surface area contributed by atoms with E-state index in [9.17, 15) is 9.59 Å². The van der Waals surface area contributed by atoms with Crippen LogP contribution in [0, 0.1) is 13.8 Å². The summed E-state index contributed by atoms with van der Waals surface area (Å²) in [5, 5.41) is 7.35. The predicted molar refractivity (Wildman–Crippen MR) is 110 cm³/mol. The van der Waals surface area contributed by atoms with Crippen LogP contribution in [0.15, 0.2) is 60.7 Å². The predicted octanol–water partition coefficient (Wildman–Crippen LogP) is 3.70. The third kappa shape index (κ3) is 3.66. The maximum Gasteiger partial charge on any atom is 0.317 e. The van der Waals surface area contributed by atoms with E-state index in [-0.39, 0.29) is 18.5 Å². The summed E-state index contributed by atoms with van der Waals surface area (Å²) in [6, 6.07) is 19.3. The SMILES string of the molecule is Cc1nn(-c2ccccc2)c(C)c1NC(=O)COC(=O)C1(c2ccccc2)CC1. The van der Waals surface area contributed by atoms with Gasteiger partial charge in [-0.25, -0.2) is 4.68 Å². The number of rotatable bonds is 6. The quantitative estimate of drug-likeness (QED) is 0.653. The molecule has 0 radical (unpaired) electrons. The van der Waals surface area contributed by atoms with E-state index < -0.39 is 5.41 Å². The zero-order valence-corrected chi connectivity index (χ0v) is 16.5. The summed E-state index contributed by atoms with van der Waals surface area (Å²) in [7, 11) is 0. The van der Waals surface area contributed by atoms with Gasteiger partial charge in [0.2, 0.25) is 0 Å². The van der Waals surface area contributed by atoms with Crippen LogP contribution in [0.3, 0.4) is 0 Å². The van der Waals surface area contributed by atoms with Crippen molar-refractivity contribution in [2.75, 3.05) is 11.9 Å². The number of nitrogens with zero attached hydrogens (tertiary/aromatic N) is 2. The molecule has 0 atom stereocenters. The highest BCUT2D eigenvalue weighted by Crippen LogP contribution is 2.49. The zero-order valence-electron chi connectivity index (χ0n) is 16.5. The lowest BCUT2D eigenvalue weighted by Gasteiger charge is -2.14. The lowest BCUT2D eigenvalue weighted by atomic mass is 9.96. The van der Waals surface area contributed by atoms with E-state index >= 15 is 0 Å². The standard InChI is InChI=1S/C23H23N3O3/c1-16-21(17(2)26(25-16)19-11-7-4-8-12-19)24-20(27)15-29-22(28)23(13-14-23)18-9-5-3-6-10-18/h3-12H,13-15H2,1-2H3,(H,24,27). The summed E-state index contributed by atoms with van der Waals surface area (Å²) < 4.78 is 7.13. The molecule has 29 heavy (non-hydrogen) atoms. The molecule has 1 amide bonds. The molecule has 1 aliphatic carbocycles. The molecule has 3 aromatic rings. The number of hydrogen-bond acceptors (Lipinski definition) is 4. The number of para-hydroxylation sites is 1. The third-order valence-corrected chi connectivity index (χ3v) is 5.36. The summed E-state index contributed by atoms with van der Waals surface area (Å²) >= 11 is 0. The van der Waals surface area contributed by atoms with Crippen molar-refractivity contribution in [1.29, 1.82) is 0 Å². The molecule has 6 heteroatoms. The third-order valence-electron chi connectivity index (χ3n) is 5.36. The molecule has 148 valence electrons. The van der Waals surface area contributed by atoms with Gasteiger partial charge >= 0.3 is 5.97 Å². The van der Waals surface area contributed by atoms with Crippen molar-refractivity contribution in [2.45, 2.75) is 32.1 Å². The topological polar surface area (TPSA) is 73.2 Å². The van der Waals surface area contributed by atoms with Crippen LogP contribution < -0.4 is 5.32 Å². The minimum Gasteiger partial charge on any atom is -0.455 e. The second-order valence-corrected chi connectivity index (χ2v) is 7.37. The maximum absolute atomic E-state index is 12.6. The lowest BCUT2D eigenvalue weighted by Crippen LogP contribution is -2.28. The number of carbonyl (C=O) groups is 2. The normalized spacial score (nSPS) is 14.3. The van der Waals surface area contributed by atoms with Crippen LogP contribution in [-0.4, -0.2) is 28.3 Å². The van der Waals surface area contributed by atoms with E-state index in [0.717, 1.165) is 29.8 Å². The Bertz CT molecular complexity index is 1040. The van der Waals surface area contributed by atoms with E-state index in [1.54, 1.807) is 4.68 Å². The summed E-state index contributed by atoms with van der Waals surface area (Å²) in [6.45, 7) is 3.41. The van der Waals surface area contributed by atoms with Gasteiger partial charge in [0.15, 0.2) is 6.61 Å². The molecule has 0 saturated heterocycles. The van der Waals surface area contributed by atoms with Gasteiger partial charge in [0.1, 0.15) is 0 Å². The molecule has 1 aromatic heterocycles. The average molecular weight is 389 g/mol. The number of carbonyl (C=O) groups excluding carboxylic acids is 2. The van der Waals surface area contributed by atoms with E-state index in [1.165, 1.54) is 0 Å². The number of benzene rings is 2. The van der Waals surface area contributed by atoms with E-state index in [4.69, 9.17) is 4.74 Å². The number of aromatic nitrogens is 2. The molecule has 1 N–H and O–H groups in total. The Labute approximate surface area is 169 Å².